The minimum atomic E-state index is -0.154. The van der Waals surface area contributed by atoms with Gasteiger partial charge in [-0.3, -0.25) is 9.69 Å². The third kappa shape index (κ3) is 6.33. The molecule has 4 heteroatoms. The predicted molar refractivity (Wildman–Crippen MR) is 116 cm³/mol. The van der Waals surface area contributed by atoms with Gasteiger partial charge >= 0.3 is 0 Å². The Hall–Kier alpha value is -2.85. The summed E-state index contributed by atoms with van der Waals surface area (Å²) in [7, 11) is 0. The number of carbonyl (C=O) groups excluding carboxylic acids is 1. The van der Waals surface area contributed by atoms with Crippen molar-refractivity contribution in [3.8, 4) is 0 Å². The number of carbonyl (C=O) groups is 1. The Labute approximate surface area is 173 Å². The number of nitrogens with zero attached hydrogens (tertiary/aromatic N) is 1. The van der Waals surface area contributed by atoms with Crippen LogP contribution in [-0.4, -0.2) is 16.8 Å². The molecule has 0 aliphatic carbocycles. The highest BCUT2D eigenvalue weighted by Gasteiger charge is 2.15. The van der Waals surface area contributed by atoms with Gasteiger partial charge in [-0.05, 0) is 43.5 Å². The summed E-state index contributed by atoms with van der Waals surface area (Å²) < 4.78 is 5.86. The Kier molecular flexibility index (Phi) is 7.25. The molecule has 1 atom stereocenters. The van der Waals surface area contributed by atoms with E-state index >= 15 is 0 Å². The second kappa shape index (κ2) is 10.1. The van der Waals surface area contributed by atoms with Gasteiger partial charge in [-0.15, -0.1) is 0 Å². The molecule has 0 radical (unpaired) electrons. The molecule has 1 amide bonds. The van der Waals surface area contributed by atoms with E-state index in [0.717, 1.165) is 25.3 Å². The summed E-state index contributed by atoms with van der Waals surface area (Å²) in [6.07, 6.45) is 0.890. The van der Waals surface area contributed by atoms with Crippen LogP contribution in [0.5, 0.6) is 0 Å². The van der Waals surface area contributed by atoms with Gasteiger partial charge in [-0.2, -0.15) is 0 Å². The zero-order valence-electron chi connectivity index (χ0n) is 17.5. The Balaban J connectivity index is 1.72. The molecule has 152 valence electrons. The third-order valence-electron chi connectivity index (χ3n) is 5.03. The van der Waals surface area contributed by atoms with Crippen molar-refractivity contribution in [2.24, 2.45) is 0 Å². The van der Waals surface area contributed by atoms with Gasteiger partial charge in [-0.25, -0.2) is 0 Å². The van der Waals surface area contributed by atoms with E-state index in [-0.39, 0.29) is 11.9 Å². The fraction of sp³-hybridized carbons (Fsp3) is 0.320. The molecule has 1 N–H and O–H groups in total. The summed E-state index contributed by atoms with van der Waals surface area (Å²) in [6, 6.07) is 22.8. The number of nitrogens with one attached hydrogen (secondary N) is 1. The minimum absolute atomic E-state index is 0.132. The third-order valence-corrected chi connectivity index (χ3v) is 5.03. The number of rotatable bonds is 9. The normalized spacial score (nSPS) is 12.1. The summed E-state index contributed by atoms with van der Waals surface area (Å²) >= 11 is 0. The average molecular weight is 391 g/mol. The van der Waals surface area contributed by atoms with E-state index in [4.69, 9.17) is 4.42 Å². The van der Waals surface area contributed by atoms with Gasteiger partial charge in [-0.1, -0.05) is 67.1 Å². The molecule has 3 aromatic rings. The lowest BCUT2D eigenvalue weighted by Crippen LogP contribution is -2.31. The molecule has 0 bridgehead atoms. The van der Waals surface area contributed by atoms with E-state index in [2.05, 4.69) is 65.7 Å². The lowest BCUT2D eigenvalue weighted by molar-refractivity contribution is 0.0906. The molecule has 0 saturated heterocycles. The van der Waals surface area contributed by atoms with Crippen LogP contribution in [0.3, 0.4) is 0 Å². The summed E-state index contributed by atoms with van der Waals surface area (Å²) in [5, 5.41) is 2.95. The lowest BCUT2D eigenvalue weighted by Gasteiger charge is -2.21. The van der Waals surface area contributed by atoms with Crippen molar-refractivity contribution in [3.05, 3.63) is 94.9 Å². The largest absolute Gasteiger partial charge is 0.455 e. The topological polar surface area (TPSA) is 45.5 Å². The standard InChI is InChI=1S/C25H30N2O2/c1-4-20(3)26-25(28)24-15-14-23(29-24)18-27(16-21-8-6-5-7-9-21)17-22-12-10-19(2)11-13-22/h5-15,20H,4,16-18H2,1-3H3,(H,26,28)/t20-/m0/s1. The molecule has 2 aromatic carbocycles. The van der Waals surface area contributed by atoms with Gasteiger partial charge in [0, 0.05) is 19.1 Å². The number of hydrogen-bond donors (Lipinski definition) is 1. The van der Waals surface area contributed by atoms with Crippen molar-refractivity contribution in [1.82, 2.24) is 10.2 Å². The van der Waals surface area contributed by atoms with Crippen LogP contribution < -0.4 is 5.32 Å². The Bertz CT molecular complexity index is 900. The van der Waals surface area contributed by atoms with Crippen molar-refractivity contribution in [2.45, 2.75) is 52.9 Å². The first-order chi connectivity index (χ1) is 14.0. The minimum Gasteiger partial charge on any atom is -0.455 e. The van der Waals surface area contributed by atoms with E-state index in [1.54, 1.807) is 6.07 Å². The molecule has 1 aromatic heterocycles. The van der Waals surface area contributed by atoms with Gasteiger partial charge in [0.2, 0.25) is 0 Å². The zero-order chi connectivity index (χ0) is 20.6. The number of hydrogen-bond acceptors (Lipinski definition) is 3. The van der Waals surface area contributed by atoms with E-state index < -0.39 is 0 Å². The summed E-state index contributed by atoms with van der Waals surface area (Å²) in [5.74, 6) is 1.01. The maximum atomic E-state index is 12.3. The Morgan fingerprint density at radius 2 is 1.59 bits per heavy atom. The first kappa shape index (κ1) is 20.9. The summed E-state index contributed by atoms with van der Waals surface area (Å²) in [6.45, 7) is 8.39. The molecular weight excluding hydrogens is 360 g/mol. The fourth-order valence-corrected chi connectivity index (χ4v) is 3.16. The van der Waals surface area contributed by atoms with Crippen LogP contribution in [0.1, 0.15) is 53.3 Å². The smallest absolute Gasteiger partial charge is 0.287 e. The van der Waals surface area contributed by atoms with Gasteiger partial charge in [0.15, 0.2) is 5.76 Å². The second-order valence-electron chi connectivity index (χ2n) is 7.67. The molecule has 1 heterocycles. The van der Waals surface area contributed by atoms with E-state index in [1.165, 1.54) is 16.7 Å². The maximum Gasteiger partial charge on any atom is 0.287 e. The Morgan fingerprint density at radius 1 is 0.931 bits per heavy atom. The lowest BCUT2D eigenvalue weighted by atomic mass is 10.1. The first-order valence-corrected chi connectivity index (χ1v) is 10.2. The van der Waals surface area contributed by atoms with Gasteiger partial charge in [0.25, 0.3) is 5.91 Å². The van der Waals surface area contributed by atoms with Crippen molar-refractivity contribution in [3.63, 3.8) is 0 Å². The van der Waals surface area contributed by atoms with E-state index in [0.29, 0.717) is 12.3 Å². The number of aryl methyl sites for hydroxylation is 1. The molecular formula is C25H30N2O2. The number of benzene rings is 2. The SMILES string of the molecule is CC[C@H](C)NC(=O)c1ccc(CN(Cc2ccccc2)Cc2ccc(C)cc2)o1. The number of furan rings is 1. The molecule has 29 heavy (non-hydrogen) atoms. The van der Waals surface area contributed by atoms with Crippen LogP contribution >= 0.6 is 0 Å². The fourth-order valence-electron chi connectivity index (χ4n) is 3.16. The maximum absolute atomic E-state index is 12.3. The van der Waals surface area contributed by atoms with E-state index in [1.807, 2.05) is 26.0 Å². The van der Waals surface area contributed by atoms with Crippen LogP contribution in [0, 0.1) is 6.92 Å². The molecule has 0 aliphatic heterocycles. The van der Waals surface area contributed by atoms with Crippen LogP contribution in [0.4, 0.5) is 0 Å². The van der Waals surface area contributed by atoms with Crippen molar-refractivity contribution in [2.75, 3.05) is 0 Å². The van der Waals surface area contributed by atoms with E-state index in [9.17, 15) is 4.79 Å². The number of amides is 1. The molecule has 4 nitrogen and oxygen atoms in total. The van der Waals surface area contributed by atoms with Crippen LogP contribution in [-0.2, 0) is 19.6 Å². The Morgan fingerprint density at radius 3 is 2.24 bits per heavy atom. The average Bonchev–Trinajstić information content (AvgIpc) is 3.19. The molecule has 0 unspecified atom stereocenters. The van der Waals surface area contributed by atoms with Crippen molar-refractivity contribution in [1.29, 1.82) is 0 Å². The van der Waals surface area contributed by atoms with Crippen LogP contribution in [0.15, 0.2) is 71.1 Å². The summed E-state index contributed by atoms with van der Waals surface area (Å²) in [4.78, 5) is 14.6. The van der Waals surface area contributed by atoms with Crippen LogP contribution in [0.2, 0.25) is 0 Å². The molecule has 3 rings (SSSR count). The molecule has 0 fully saturated rings. The zero-order valence-corrected chi connectivity index (χ0v) is 17.5. The highest BCUT2D eigenvalue weighted by Crippen LogP contribution is 2.17. The molecule has 0 spiro atoms. The van der Waals surface area contributed by atoms with Gasteiger partial charge in [0.1, 0.15) is 5.76 Å². The quantitative estimate of drug-likeness (QED) is 0.538. The summed E-state index contributed by atoms with van der Waals surface area (Å²) in [5.41, 5.74) is 3.76. The highest BCUT2D eigenvalue weighted by atomic mass is 16.4. The second-order valence-corrected chi connectivity index (χ2v) is 7.67. The first-order valence-electron chi connectivity index (χ1n) is 10.2. The van der Waals surface area contributed by atoms with Crippen molar-refractivity contribution >= 4 is 5.91 Å². The van der Waals surface area contributed by atoms with Crippen molar-refractivity contribution < 1.29 is 9.21 Å². The van der Waals surface area contributed by atoms with Crippen LogP contribution in [0.25, 0.3) is 0 Å². The monoisotopic (exact) mass is 390 g/mol. The molecule has 0 saturated carbocycles. The molecule has 0 aliphatic rings. The van der Waals surface area contributed by atoms with Gasteiger partial charge in [0.05, 0.1) is 6.54 Å². The highest BCUT2D eigenvalue weighted by molar-refractivity contribution is 5.91. The van der Waals surface area contributed by atoms with Gasteiger partial charge < -0.3 is 9.73 Å². The predicted octanol–water partition coefficient (Wildman–Crippen LogP) is 5.32.